The van der Waals surface area contributed by atoms with Crippen molar-refractivity contribution in [2.24, 2.45) is 0 Å². The van der Waals surface area contributed by atoms with Crippen molar-refractivity contribution in [3.8, 4) is 0 Å². The second-order valence-electron chi connectivity index (χ2n) is 3.94. The van der Waals surface area contributed by atoms with Gasteiger partial charge < -0.3 is 10.0 Å². The quantitative estimate of drug-likeness (QED) is 0.745. The summed E-state index contributed by atoms with van der Waals surface area (Å²) >= 11 is 0. The number of carbonyl (C=O) groups is 1. The monoisotopic (exact) mass is 227 g/mol. The summed E-state index contributed by atoms with van der Waals surface area (Å²) in [5.74, 6) is -0.142. The summed E-state index contributed by atoms with van der Waals surface area (Å²) in [6.45, 7) is 2.53. The van der Waals surface area contributed by atoms with Crippen molar-refractivity contribution in [3.05, 3.63) is 5.82 Å². The highest BCUT2D eigenvalue weighted by molar-refractivity contribution is 5.67. The van der Waals surface area contributed by atoms with Gasteiger partial charge in [-0.15, -0.1) is 5.10 Å². The van der Waals surface area contributed by atoms with Gasteiger partial charge in [-0.1, -0.05) is 6.92 Å². The molecule has 0 bridgehead atoms. The van der Waals surface area contributed by atoms with E-state index in [0.29, 0.717) is 18.8 Å². The maximum Gasteiger partial charge on any atom is 0.305 e. The van der Waals surface area contributed by atoms with E-state index in [-0.39, 0.29) is 12.5 Å². The highest BCUT2D eigenvalue weighted by Gasteiger charge is 2.18. The number of aromatic nitrogens is 4. The second-order valence-corrected chi connectivity index (χ2v) is 3.94. The van der Waals surface area contributed by atoms with Crippen LogP contribution < -0.4 is 0 Å². The SMILES string of the molecule is CCC(CC(=O)O)n1nnnc1CN(C)C. The minimum atomic E-state index is -0.835. The van der Waals surface area contributed by atoms with E-state index >= 15 is 0 Å². The van der Waals surface area contributed by atoms with Gasteiger partial charge in [0.2, 0.25) is 0 Å². The van der Waals surface area contributed by atoms with Gasteiger partial charge in [-0.25, -0.2) is 4.68 Å². The predicted molar refractivity (Wildman–Crippen MR) is 56.8 cm³/mol. The lowest BCUT2D eigenvalue weighted by Crippen LogP contribution is -2.21. The number of nitrogens with zero attached hydrogens (tertiary/aromatic N) is 5. The van der Waals surface area contributed by atoms with E-state index < -0.39 is 5.97 Å². The molecule has 7 heteroatoms. The Bertz CT molecular complexity index is 349. The van der Waals surface area contributed by atoms with Gasteiger partial charge in [-0.05, 0) is 30.9 Å². The molecule has 1 heterocycles. The average molecular weight is 227 g/mol. The first kappa shape index (κ1) is 12.6. The summed E-state index contributed by atoms with van der Waals surface area (Å²) in [5.41, 5.74) is 0. The Morgan fingerprint density at radius 1 is 1.56 bits per heavy atom. The van der Waals surface area contributed by atoms with Crippen LogP contribution in [0.1, 0.15) is 31.6 Å². The van der Waals surface area contributed by atoms with Gasteiger partial charge in [0.1, 0.15) is 0 Å². The van der Waals surface area contributed by atoms with Gasteiger partial charge in [0, 0.05) is 0 Å². The Balaban J connectivity index is 2.83. The molecule has 0 aliphatic rings. The van der Waals surface area contributed by atoms with Crippen LogP contribution in [0.3, 0.4) is 0 Å². The summed E-state index contributed by atoms with van der Waals surface area (Å²) in [6, 6.07) is -0.178. The third kappa shape index (κ3) is 3.27. The fourth-order valence-corrected chi connectivity index (χ4v) is 1.49. The Kier molecular flexibility index (Phi) is 4.36. The van der Waals surface area contributed by atoms with Crippen LogP contribution in [-0.4, -0.2) is 50.3 Å². The molecule has 16 heavy (non-hydrogen) atoms. The first-order valence-corrected chi connectivity index (χ1v) is 5.17. The minimum absolute atomic E-state index is 0.0436. The molecule has 1 aromatic heterocycles. The fraction of sp³-hybridized carbons (Fsp3) is 0.778. The van der Waals surface area contributed by atoms with E-state index in [1.165, 1.54) is 0 Å². The summed E-state index contributed by atoms with van der Waals surface area (Å²) in [7, 11) is 3.83. The van der Waals surface area contributed by atoms with Crippen molar-refractivity contribution < 1.29 is 9.90 Å². The largest absolute Gasteiger partial charge is 0.481 e. The Hall–Kier alpha value is -1.50. The Morgan fingerprint density at radius 2 is 2.25 bits per heavy atom. The van der Waals surface area contributed by atoms with Gasteiger partial charge in [0.15, 0.2) is 5.82 Å². The number of rotatable bonds is 6. The molecule has 0 saturated heterocycles. The highest BCUT2D eigenvalue weighted by atomic mass is 16.4. The number of carboxylic acid groups (broad SMARTS) is 1. The smallest absolute Gasteiger partial charge is 0.305 e. The van der Waals surface area contributed by atoms with Gasteiger partial charge in [0.05, 0.1) is 19.0 Å². The molecule has 1 N–H and O–H groups in total. The van der Waals surface area contributed by atoms with Crippen LogP contribution in [0, 0.1) is 0 Å². The van der Waals surface area contributed by atoms with Crippen molar-refractivity contribution in [1.82, 2.24) is 25.1 Å². The van der Waals surface area contributed by atoms with E-state index in [2.05, 4.69) is 15.5 Å². The zero-order valence-electron chi connectivity index (χ0n) is 9.79. The molecular formula is C9H17N5O2. The second kappa shape index (κ2) is 5.55. The summed E-state index contributed by atoms with van der Waals surface area (Å²) in [6.07, 6.45) is 0.736. The lowest BCUT2D eigenvalue weighted by atomic mass is 10.1. The Labute approximate surface area is 94.0 Å². The van der Waals surface area contributed by atoms with Crippen molar-refractivity contribution in [3.63, 3.8) is 0 Å². The first-order chi connectivity index (χ1) is 7.54. The van der Waals surface area contributed by atoms with E-state index in [0.717, 1.165) is 0 Å². The molecule has 1 atom stereocenters. The van der Waals surface area contributed by atoms with E-state index in [1.54, 1.807) is 4.68 Å². The summed E-state index contributed by atoms with van der Waals surface area (Å²) in [5, 5.41) is 20.1. The predicted octanol–water partition coefficient (Wildman–Crippen LogP) is 0.160. The van der Waals surface area contributed by atoms with Crippen LogP contribution >= 0.6 is 0 Å². The number of hydrogen-bond acceptors (Lipinski definition) is 5. The average Bonchev–Trinajstić information content (AvgIpc) is 2.61. The maximum atomic E-state index is 10.7. The molecule has 0 aliphatic carbocycles. The molecule has 1 aromatic rings. The van der Waals surface area contributed by atoms with Crippen molar-refractivity contribution >= 4 is 5.97 Å². The normalized spacial score (nSPS) is 13.0. The topological polar surface area (TPSA) is 84.1 Å². The molecule has 1 unspecified atom stereocenters. The van der Waals surface area contributed by atoms with Crippen LogP contribution in [0.25, 0.3) is 0 Å². The number of hydrogen-bond donors (Lipinski definition) is 1. The highest BCUT2D eigenvalue weighted by Crippen LogP contribution is 2.16. The standard InChI is InChI=1S/C9H17N5O2/c1-4-7(5-9(15)16)14-8(6-13(2)3)10-11-12-14/h7H,4-6H2,1-3H3,(H,15,16). The lowest BCUT2D eigenvalue weighted by Gasteiger charge is -2.15. The number of carboxylic acids is 1. The van der Waals surface area contributed by atoms with Crippen LogP contribution in [-0.2, 0) is 11.3 Å². The number of aliphatic carboxylic acids is 1. The maximum absolute atomic E-state index is 10.7. The first-order valence-electron chi connectivity index (χ1n) is 5.17. The molecular weight excluding hydrogens is 210 g/mol. The van der Waals surface area contributed by atoms with Crippen molar-refractivity contribution in [1.29, 1.82) is 0 Å². The summed E-state index contributed by atoms with van der Waals surface area (Å²) < 4.78 is 1.61. The molecule has 0 fully saturated rings. The molecule has 0 saturated carbocycles. The zero-order chi connectivity index (χ0) is 12.1. The van der Waals surface area contributed by atoms with Crippen LogP contribution in [0.15, 0.2) is 0 Å². The van der Waals surface area contributed by atoms with E-state index in [9.17, 15) is 4.79 Å². The van der Waals surface area contributed by atoms with Gasteiger partial charge in [-0.3, -0.25) is 4.79 Å². The molecule has 0 aromatic carbocycles. The Morgan fingerprint density at radius 3 is 2.75 bits per heavy atom. The van der Waals surface area contributed by atoms with Gasteiger partial charge in [-0.2, -0.15) is 0 Å². The van der Waals surface area contributed by atoms with Crippen LogP contribution in [0.5, 0.6) is 0 Å². The van der Waals surface area contributed by atoms with E-state index in [1.807, 2.05) is 25.9 Å². The van der Waals surface area contributed by atoms with Crippen molar-refractivity contribution in [2.75, 3.05) is 14.1 Å². The summed E-state index contributed by atoms with van der Waals surface area (Å²) in [4.78, 5) is 12.6. The van der Waals surface area contributed by atoms with Gasteiger partial charge >= 0.3 is 5.97 Å². The molecule has 1 rings (SSSR count). The molecule has 7 nitrogen and oxygen atoms in total. The number of tetrazole rings is 1. The third-order valence-corrected chi connectivity index (χ3v) is 2.25. The molecule has 90 valence electrons. The van der Waals surface area contributed by atoms with Crippen molar-refractivity contribution in [2.45, 2.75) is 32.4 Å². The fourth-order valence-electron chi connectivity index (χ4n) is 1.49. The van der Waals surface area contributed by atoms with Crippen LogP contribution in [0.2, 0.25) is 0 Å². The lowest BCUT2D eigenvalue weighted by molar-refractivity contribution is -0.138. The van der Waals surface area contributed by atoms with Gasteiger partial charge in [0.25, 0.3) is 0 Å². The molecule has 0 radical (unpaired) electrons. The van der Waals surface area contributed by atoms with Crippen LogP contribution in [0.4, 0.5) is 0 Å². The molecule has 0 aliphatic heterocycles. The third-order valence-electron chi connectivity index (χ3n) is 2.25. The molecule has 0 amide bonds. The minimum Gasteiger partial charge on any atom is -0.481 e. The van der Waals surface area contributed by atoms with E-state index in [4.69, 9.17) is 5.11 Å². The zero-order valence-corrected chi connectivity index (χ0v) is 9.79. The molecule has 0 spiro atoms.